The summed E-state index contributed by atoms with van der Waals surface area (Å²) in [5.74, 6) is -0.322. The van der Waals surface area contributed by atoms with E-state index in [1.165, 1.54) is 18.2 Å². The van der Waals surface area contributed by atoms with Gasteiger partial charge in [-0.3, -0.25) is 0 Å². The van der Waals surface area contributed by atoms with Gasteiger partial charge < -0.3 is 10.1 Å². The SMILES string of the molecule is N#Cc1ccccc1Nc1cccc(OC(F)(F)F)c1. The van der Waals surface area contributed by atoms with Gasteiger partial charge in [0.1, 0.15) is 11.8 Å². The topological polar surface area (TPSA) is 45.0 Å². The van der Waals surface area contributed by atoms with Crippen LogP contribution in [0.3, 0.4) is 0 Å². The molecule has 0 aromatic heterocycles. The van der Waals surface area contributed by atoms with Gasteiger partial charge in [-0.15, -0.1) is 13.2 Å². The van der Waals surface area contributed by atoms with E-state index in [4.69, 9.17) is 5.26 Å². The number of hydrogen-bond acceptors (Lipinski definition) is 3. The molecule has 1 N–H and O–H groups in total. The summed E-state index contributed by atoms with van der Waals surface area (Å²) < 4.78 is 40.2. The first-order valence-electron chi connectivity index (χ1n) is 5.60. The van der Waals surface area contributed by atoms with Gasteiger partial charge in [-0.1, -0.05) is 18.2 Å². The van der Waals surface area contributed by atoms with Gasteiger partial charge in [0.25, 0.3) is 0 Å². The van der Waals surface area contributed by atoms with E-state index in [9.17, 15) is 13.2 Å². The van der Waals surface area contributed by atoms with Crippen molar-refractivity contribution in [3.8, 4) is 11.8 Å². The number of halogens is 3. The van der Waals surface area contributed by atoms with Crippen molar-refractivity contribution in [2.24, 2.45) is 0 Å². The third-order valence-electron chi connectivity index (χ3n) is 2.39. The fraction of sp³-hybridized carbons (Fsp3) is 0.0714. The number of alkyl halides is 3. The predicted octanol–water partition coefficient (Wildman–Crippen LogP) is 4.20. The molecule has 0 aliphatic heterocycles. The van der Waals surface area contributed by atoms with Crippen LogP contribution in [-0.2, 0) is 0 Å². The highest BCUT2D eigenvalue weighted by molar-refractivity contribution is 5.67. The minimum absolute atomic E-state index is 0.322. The van der Waals surface area contributed by atoms with Crippen molar-refractivity contribution in [3.63, 3.8) is 0 Å². The van der Waals surface area contributed by atoms with Crippen LogP contribution in [-0.4, -0.2) is 6.36 Å². The lowest BCUT2D eigenvalue weighted by Gasteiger charge is -2.11. The summed E-state index contributed by atoms with van der Waals surface area (Å²) >= 11 is 0. The van der Waals surface area contributed by atoms with Crippen molar-refractivity contribution >= 4 is 11.4 Å². The lowest BCUT2D eigenvalue weighted by Crippen LogP contribution is -2.17. The van der Waals surface area contributed by atoms with Gasteiger partial charge >= 0.3 is 6.36 Å². The summed E-state index contributed by atoms with van der Waals surface area (Å²) in [7, 11) is 0. The first kappa shape index (κ1) is 13.7. The molecule has 0 fully saturated rings. The summed E-state index contributed by atoms with van der Waals surface area (Å²) in [4.78, 5) is 0. The van der Waals surface area contributed by atoms with Gasteiger partial charge in [0.15, 0.2) is 0 Å². The lowest BCUT2D eigenvalue weighted by molar-refractivity contribution is -0.274. The molecule has 2 rings (SSSR count). The number of nitriles is 1. The molecule has 6 heteroatoms. The molecular weight excluding hydrogens is 269 g/mol. The highest BCUT2D eigenvalue weighted by Crippen LogP contribution is 2.27. The number of para-hydroxylation sites is 1. The number of benzene rings is 2. The van der Waals surface area contributed by atoms with Crippen LogP contribution in [0.2, 0.25) is 0 Å². The second-order valence-electron chi connectivity index (χ2n) is 3.86. The van der Waals surface area contributed by atoms with E-state index in [2.05, 4.69) is 10.1 Å². The summed E-state index contributed by atoms with van der Waals surface area (Å²) in [6, 6.07) is 14.1. The average molecular weight is 278 g/mol. The second kappa shape index (κ2) is 5.53. The normalized spacial score (nSPS) is 10.7. The van der Waals surface area contributed by atoms with E-state index in [0.717, 1.165) is 0 Å². The van der Waals surface area contributed by atoms with E-state index in [1.54, 1.807) is 30.3 Å². The monoisotopic (exact) mass is 278 g/mol. The highest BCUT2D eigenvalue weighted by Gasteiger charge is 2.31. The standard InChI is InChI=1S/C14H9F3N2O/c15-14(16,17)20-12-6-3-5-11(8-12)19-13-7-2-1-4-10(13)9-18/h1-8,19H. The van der Waals surface area contributed by atoms with Crippen LogP contribution in [0.1, 0.15) is 5.56 Å². The molecule has 0 radical (unpaired) electrons. The molecule has 0 saturated heterocycles. The molecule has 0 heterocycles. The fourth-order valence-electron chi connectivity index (χ4n) is 1.62. The van der Waals surface area contributed by atoms with Crippen LogP contribution in [0.25, 0.3) is 0 Å². The Balaban J connectivity index is 2.22. The van der Waals surface area contributed by atoms with Crippen LogP contribution in [0.5, 0.6) is 5.75 Å². The Morgan fingerprint density at radius 2 is 1.80 bits per heavy atom. The van der Waals surface area contributed by atoms with Crippen LogP contribution >= 0.6 is 0 Å². The molecule has 0 atom stereocenters. The molecule has 0 amide bonds. The average Bonchev–Trinajstić information content (AvgIpc) is 2.38. The third-order valence-corrected chi connectivity index (χ3v) is 2.39. The number of anilines is 2. The molecule has 0 bridgehead atoms. The molecule has 0 aliphatic carbocycles. The minimum atomic E-state index is -4.73. The Morgan fingerprint density at radius 1 is 1.05 bits per heavy atom. The van der Waals surface area contributed by atoms with Gasteiger partial charge in [0, 0.05) is 11.8 Å². The largest absolute Gasteiger partial charge is 0.573 e. The summed E-state index contributed by atoms with van der Waals surface area (Å²) in [6.07, 6.45) is -4.73. The second-order valence-corrected chi connectivity index (χ2v) is 3.86. The first-order valence-corrected chi connectivity index (χ1v) is 5.60. The van der Waals surface area contributed by atoms with E-state index >= 15 is 0 Å². The smallest absolute Gasteiger partial charge is 0.406 e. The van der Waals surface area contributed by atoms with Gasteiger partial charge in [0.05, 0.1) is 11.3 Å². The quantitative estimate of drug-likeness (QED) is 0.915. The molecule has 3 nitrogen and oxygen atoms in total. The van der Waals surface area contributed by atoms with E-state index in [-0.39, 0.29) is 5.75 Å². The first-order chi connectivity index (χ1) is 9.48. The molecule has 20 heavy (non-hydrogen) atoms. The Morgan fingerprint density at radius 3 is 2.50 bits per heavy atom. The number of nitrogens with zero attached hydrogens (tertiary/aromatic N) is 1. The van der Waals surface area contributed by atoms with Crippen molar-refractivity contribution in [1.82, 2.24) is 0 Å². The number of nitrogens with one attached hydrogen (secondary N) is 1. The molecule has 0 saturated carbocycles. The maximum absolute atomic E-state index is 12.1. The van der Waals surface area contributed by atoms with Crippen molar-refractivity contribution < 1.29 is 17.9 Å². The zero-order chi connectivity index (χ0) is 14.6. The van der Waals surface area contributed by atoms with E-state index < -0.39 is 6.36 Å². The third kappa shape index (κ3) is 3.65. The van der Waals surface area contributed by atoms with Gasteiger partial charge in [-0.05, 0) is 24.3 Å². The van der Waals surface area contributed by atoms with Crippen LogP contribution in [0.4, 0.5) is 24.5 Å². The predicted molar refractivity (Wildman–Crippen MR) is 67.6 cm³/mol. The van der Waals surface area contributed by atoms with Crippen molar-refractivity contribution in [2.75, 3.05) is 5.32 Å². The number of ether oxygens (including phenoxy) is 1. The van der Waals surface area contributed by atoms with Crippen molar-refractivity contribution in [2.45, 2.75) is 6.36 Å². The molecule has 0 unspecified atom stereocenters. The van der Waals surface area contributed by atoms with Crippen LogP contribution in [0.15, 0.2) is 48.5 Å². The van der Waals surface area contributed by atoms with Gasteiger partial charge in [0.2, 0.25) is 0 Å². The van der Waals surface area contributed by atoms with E-state index in [1.807, 2.05) is 6.07 Å². The fourth-order valence-corrected chi connectivity index (χ4v) is 1.62. The van der Waals surface area contributed by atoms with Crippen LogP contribution in [0, 0.1) is 11.3 Å². The Labute approximate surface area is 113 Å². The molecule has 2 aromatic carbocycles. The molecule has 0 aliphatic rings. The lowest BCUT2D eigenvalue weighted by atomic mass is 10.2. The molecule has 2 aromatic rings. The van der Waals surface area contributed by atoms with Crippen molar-refractivity contribution in [1.29, 1.82) is 5.26 Å². The number of rotatable bonds is 3. The Kier molecular flexibility index (Phi) is 3.80. The zero-order valence-electron chi connectivity index (χ0n) is 10.1. The van der Waals surface area contributed by atoms with E-state index in [0.29, 0.717) is 16.9 Å². The summed E-state index contributed by atoms with van der Waals surface area (Å²) in [5.41, 5.74) is 1.31. The molecule has 102 valence electrons. The highest BCUT2D eigenvalue weighted by atomic mass is 19.4. The van der Waals surface area contributed by atoms with Crippen LogP contribution < -0.4 is 10.1 Å². The molecular formula is C14H9F3N2O. The Bertz CT molecular complexity index is 647. The maximum atomic E-state index is 12.1. The Hall–Kier alpha value is -2.68. The van der Waals surface area contributed by atoms with Gasteiger partial charge in [-0.2, -0.15) is 5.26 Å². The summed E-state index contributed by atoms with van der Waals surface area (Å²) in [5, 5.41) is 11.8. The zero-order valence-corrected chi connectivity index (χ0v) is 10.1. The maximum Gasteiger partial charge on any atom is 0.573 e. The minimum Gasteiger partial charge on any atom is -0.406 e. The summed E-state index contributed by atoms with van der Waals surface area (Å²) in [6.45, 7) is 0. The van der Waals surface area contributed by atoms with Gasteiger partial charge in [-0.25, -0.2) is 0 Å². The number of hydrogen-bond donors (Lipinski definition) is 1. The molecule has 0 spiro atoms. The van der Waals surface area contributed by atoms with Crippen molar-refractivity contribution in [3.05, 3.63) is 54.1 Å².